The standard InChI is InChI=1S/C7H11NO2/c1-4-2-5(4)3-6(8)7(9)10/h5-6H,1-3,8H2,(H,9,10)/t5-,6+/m1/s1/i6+1,7+1,8+1. The number of aliphatic carboxylic acids is 1. The molecule has 0 aromatic carbocycles. The molecule has 10 heavy (non-hydrogen) atoms. The van der Waals surface area contributed by atoms with Crippen molar-refractivity contribution in [3.8, 4) is 0 Å². The third-order valence-corrected chi connectivity index (χ3v) is 1.78. The van der Waals surface area contributed by atoms with Crippen molar-refractivity contribution in [2.75, 3.05) is 0 Å². The SMILES string of the molecule is C=C1C[C@@H]1C[13C@H]([15NH2])[13C](=O)O. The van der Waals surface area contributed by atoms with E-state index in [1.54, 1.807) is 0 Å². The number of nitrogens with two attached hydrogens (primary N) is 1. The van der Waals surface area contributed by atoms with Crippen LogP contribution < -0.4 is 5.73 Å². The van der Waals surface area contributed by atoms with Gasteiger partial charge in [0.25, 0.3) is 0 Å². The smallest absolute Gasteiger partial charge is 0.320 e. The van der Waals surface area contributed by atoms with Gasteiger partial charge in [0.15, 0.2) is 0 Å². The van der Waals surface area contributed by atoms with Crippen molar-refractivity contribution in [3.63, 3.8) is 0 Å². The summed E-state index contributed by atoms with van der Waals surface area (Å²) in [5.74, 6) is -0.536. The first-order chi connectivity index (χ1) is 4.61. The van der Waals surface area contributed by atoms with E-state index < -0.39 is 12.0 Å². The molecule has 1 saturated carbocycles. The molecule has 0 amide bonds. The van der Waals surface area contributed by atoms with Gasteiger partial charge < -0.3 is 10.8 Å². The molecule has 0 saturated heterocycles. The van der Waals surface area contributed by atoms with Crippen LogP contribution in [0.25, 0.3) is 0 Å². The highest BCUT2D eigenvalue weighted by atomic mass is 16.5. The van der Waals surface area contributed by atoms with Gasteiger partial charge in [-0.3, -0.25) is 4.79 Å². The summed E-state index contributed by atoms with van der Waals surface area (Å²) in [7, 11) is 0. The maximum atomic E-state index is 10.2. The summed E-state index contributed by atoms with van der Waals surface area (Å²) in [4.78, 5) is 10.2. The molecular weight excluding hydrogens is 133 g/mol. The molecule has 0 bridgehead atoms. The highest BCUT2D eigenvalue weighted by Crippen LogP contribution is 2.39. The first kappa shape index (κ1) is 7.28. The Kier molecular flexibility index (Phi) is 1.76. The molecule has 2 atom stereocenters. The molecule has 1 aliphatic rings. The van der Waals surface area contributed by atoms with Crippen molar-refractivity contribution < 1.29 is 9.90 Å². The Bertz CT molecular complexity index is 176. The summed E-state index contributed by atoms with van der Waals surface area (Å²) in [5.41, 5.74) is 6.41. The van der Waals surface area contributed by atoms with E-state index in [0.717, 1.165) is 12.0 Å². The highest BCUT2D eigenvalue weighted by molar-refractivity contribution is 5.73. The van der Waals surface area contributed by atoms with Gasteiger partial charge in [-0.1, -0.05) is 12.2 Å². The van der Waals surface area contributed by atoms with Gasteiger partial charge in [-0.2, -0.15) is 0 Å². The number of rotatable bonds is 3. The van der Waals surface area contributed by atoms with Crippen molar-refractivity contribution in [2.45, 2.75) is 18.9 Å². The Labute approximate surface area is 59.5 Å². The maximum absolute atomic E-state index is 10.2. The Morgan fingerprint density at radius 2 is 2.50 bits per heavy atom. The Balaban J connectivity index is 2.25. The van der Waals surface area contributed by atoms with Gasteiger partial charge in [0, 0.05) is 0 Å². The van der Waals surface area contributed by atoms with Gasteiger partial charge in [-0.05, 0) is 18.8 Å². The first-order valence-corrected chi connectivity index (χ1v) is 3.27. The molecule has 3 heteroatoms. The van der Waals surface area contributed by atoms with E-state index in [9.17, 15) is 4.79 Å². The molecule has 3 nitrogen and oxygen atoms in total. The summed E-state index contributed by atoms with van der Waals surface area (Å²) in [6.45, 7) is 3.71. The number of hydrogen-bond donors (Lipinski definition) is 2. The van der Waals surface area contributed by atoms with E-state index in [1.165, 1.54) is 0 Å². The molecule has 1 aliphatic carbocycles. The van der Waals surface area contributed by atoms with E-state index in [0.29, 0.717) is 12.3 Å². The molecule has 56 valence electrons. The van der Waals surface area contributed by atoms with Crippen LogP contribution in [0.15, 0.2) is 12.2 Å². The molecule has 0 radical (unpaired) electrons. The Morgan fingerprint density at radius 3 is 2.80 bits per heavy atom. The van der Waals surface area contributed by atoms with Crippen LogP contribution in [0.2, 0.25) is 0 Å². The topological polar surface area (TPSA) is 63.3 Å². The lowest BCUT2D eigenvalue weighted by Crippen LogP contribution is -2.30. The van der Waals surface area contributed by atoms with Crippen molar-refractivity contribution >= 4 is 5.97 Å². The average Bonchev–Trinajstić information content (AvgIpc) is 2.46. The summed E-state index contributed by atoms with van der Waals surface area (Å²) < 4.78 is 0. The molecule has 0 aromatic heterocycles. The number of carboxylic acids is 1. The fraction of sp³-hybridized carbons (Fsp3) is 0.571. The molecule has 1 fully saturated rings. The van der Waals surface area contributed by atoms with Gasteiger partial charge in [-0.25, -0.2) is 0 Å². The van der Waals surface area contributed by atoms with E-state index in [2.05, 4.69) is 6.58 Å². The number of allylic oxidation sites excluding steroid dienone is 1. The molecule has 0 aromatic rings. The highest BCUT2D eigenvalue weighted by Gasteiger charge is 2.30. The summed E-state index contributed by atoms with van der Waals surface area (Å²) in [6.07, 6.45) is 1.51. The Hall–Kier alpha value is -0.830. The normalized spacial score (nSPS) is 26.1. The lowest BCUT2D eigenvalue weighted by Gasteiger charge is -2.02. The molecule has 0 unspecified atom stereocenters. The third-order valence-electron chi connectivity index (χ3n) is 1.78. The van der Waals surface area contributed by atoms with E-state index in [-0.39, 0.29) is 0 Å². The number of hydrogen-bond acceptors (Lipinski definition) is 2. The number of carbonyl (C=O) groups is 1. The summed E-state index contributed by atoms with van der Waals surface area (Å²) in [6, 6.07) is -0.704. The molecule has 0 spiro atoms. The minimum atomic E-state index is -0.917. The van der Waals surface area contributed by atoms with Crippen molar-refractivity contribution in [3.05, 3.63) is 12.2 Å². The minimum Gasteiger partial charge on any atom is -0.480 e. The lowest BCUT2D eigenvalue weighted by molar-refractivity contribution is -0.138. The van der Waals surface area contributed by atoms with Crippen molar-refractivity contribution in [1.82, 2.24) is 0 Å². The zero-order valence-electron chi connectivity index (χ0n) is 5.71. The predicted molar refractivity (Wildman–Crippen MR) is 37.5 cm³/mol. The monoisotopic (exact) mass is 144 g/mol. The van der Waals surface area contributed by atoms with Crippen molar-refractivity contribution in [1.29, 1.82) is 0 Å². The minimum absolute atomic E-state index is 0.381. The van der Waals surface area contributed by atoms with Crippen LogP contribution in [0.5, 0.6) is 0 Å². The van der Waals surface area contributed by atoms with Crippen LogP contribution in [0.4, 0.5) is 0 Å². The van der Waals surface area contributed by atoms with Gasteiger partial charge in [0.05, 0.1) is 0 Å². The van der Waals surface area contributed by atoms with Crippen molar-refractivity contribution in [2.24, 2.45) is 11.7 Å². The zero-order chi connectivity index (χ0) is 7.72. The lowest BCUT2D eigenvalue weighted by atomic mass is 10.3. The number of carboxylic acid groups (broad SMARTS) is 1. The van der Waals surface area contributed by atoms with Crippen LogP contribution in [-0.4, -0.2) is 17.1 Å². The predicted octanol–water partition coefficient (Wildman–Crippen LogP) is 0.365. The first-order valence-electron chi connectivity index (χ1n) is 3.27. The molecule has 1 rings (SSSR count). The Morgan fingerprint density at radius 1 is 2.00 bits per heavy atom. The van der Waals surface area contributed by atoms with Crippen LogP contribution in [0.3, 0.4) is 0 Å². The molecule has 3 N–H and O–H groups in total. The molecular formula is C7H11NO2. The van der Waals surface area contributed by atoms with Crippen LogP contribution in [0, 0.1) is 5.92 Å². The van der Waals surface area contributed by atoms with Gasteiger partial charge >= 0.3 is 5.97 Å². The second kappa shape index (κ2) is 2.42. The zero-order valence-corrected chi connectivity index (χ0v) is 5.71. The largest absolute Gasteiger partial charge is 0.480 e. The van der Waals surface area contributed by atoms with Gasteiger partial charge in [0.1, 0.15) is 6.04 Å². The maximum Gasteiger partial charge on any atom is 0.320 e. The second-order valence-corrected chi connectivity index (χ2v) is 2.74. The van der Waals surface area contributed by atoms with Crippen LogP contribution in [-0.2, 0) is 4.79 Å². The van der Waals surface area contributed by atoms with Gasteiger partial charge in [0.2, 0.25) is 0 Å². The third kappa shape index (κ3) is 1.57. The average molecular weight is 144 g/mol. The van der Waals surface area contributed by atoms with Crippen LogP contribution in [0.1, 0.15) is 12.8 Å². The van der Waals surface area contributed by atoms with E-state index in [4.69, 9.17) is 10.8 Å². The summed E-state index contributed by atoms with van der Waals surface area (Å²) in [5, 5.41) is 8.39. The van der Waals surface area contributed by atoms with Gasteiger partial charge in [-0.15, -0.1) is 0 Å². The molecule has 0 heterocycles. The van der Waals surface area contributed by atoms with Crippen LogP contribution >= 0.6 is 0 Å². The fourth-order valence-electron chi connectivity index (χ4n) is 0.915. The second-order valence-electron chi connectivity index (χ2n) is 2.74. The molecule has 0 aliphatic heterocycles. The van der Waals surface area contributed by atoms with E-state index in [1.807, 2.05) is 0 Å². The summed E-state index contributed by atoms with van der Waals surface area (Å²) >= 11 is 0. The quantitative estimate of drug-likeness (QED) is 0.341. The van der Waals surface area contributed by atoms with E-state index >= 15 is 0 Å². The fourth-order valence-corrected chi connectivity index (χ4v) is 0.915.